The van der Waals surface area contributed by atoms with Crippen LogP contribution in [0.15, 0.2) is 48.7 Å². The van der Waals surface area contributed by atoms with E-state index in [-0.39, 0.29) is 17.4 Å². The molecule has 0 bridgehead atoms. The first-order chi connectivity index (χ1) is 15.9. The van der Waals surface area contributed by atoms with Gasteiger partial charge in [-0.25, -0.2) is 13.5 Å². The van der Waals surface area contributed by atoms with Crippen LogP contribution in [0.3, 0.4) is 0 Å². The van der Waals surface area contributed by atoms with E-state index in [9.17, 15) is 13.6 Å². The number of hydrogen-bond donors (Lipinski definition) is 1. The number of carbonyl (C=O) groups excluding carboxylic acids is 1. The van der Waals surface area contributed by atoms with E-state index in [1.807, 2.05) is 6.92 Å². The summed E-state index contributed by atoms with van der Waals surface area (Å²) in [5.41, 5.74) is 2.81. The molecule has 2 aromatic carbocycles. The van der Waals surface area contributed by atoms with Crippen LogP contribution in [0.25, 0.3) is 5.69 Å². The van der Waals surface area contributed by atoms with Crippen molar-refractivity contribution in [2.75, 3.05) is 37.6 Å². The molecule has 0 radical (unpaired) electrons. The molecule has 0 aliphatic carbocycles. The lowest BCUT2D eigenvalue weighted by atomic mass is 10.0. The lowest BCUT2D eigenvalue weighted by Gasteiger charge is -2.37. The summed E-state index contributed by atoms with van der Waals surface area (Å²) in [5.74, 6) is -1.10. The summed E-state index contributed by atoms with van der Waals surface area (Å²) in [6.45, 7) is 10.3. The number of aromatic nitrogens is 2. The third kappa shape index (κ3) is 4.75. The zero-order valence-electron chi connectivity index (χ0n) is 19.2. The highest BCUT2D eigenvalue weighted by Crippen LogP contribution is 2.29. The predicted octanol–water partition coefficient (Wildman–Crippen LogP) is 4.09. The highest BCUT2D eigenvalue weighted by atomic mass is 19.1. The smallest absolute Gasteiger partial charge is 0.255 e. The molecule has 1 saturated heterocycles. The van der Waals surface area contributed by atoms with Gasteiger partial charge in [-0.05, 0) is 50.7 Å². The fraction of sp³-hybridized carbons (Fsp3) is 0.360. The van der Waals surface area contributed by atoms with Gasteiger partial charge in [0, 0.05) is 37.4 Å². The quantitative estimate of drug-likeness (QED) is 0.611. The molecule has 174 valence electrons. The van der Waals surface area contributed by atoms with Crippen molar-refractivity contribution in [3.63, 3.8) is 0 Å². The Hall–Kier alpha value is -3.26. The summed E-state index contributed by atoms with van der Waals surface area (Å²) in [5, 5.41) is 7.18. The molecule has 33 heavy (non-hydrogen) atoms. The Bertz CT molecular complexity index is 1140. The molecule has 1 N–H and O–H groups in total. The van der Waals surface area contributed by atoms with Crippen LogP contribution >= 0.6 is 0 Å². The van der Waals surface area contributed by atoms with Crippen LogP contribution < -0.4 is 10.2 Å². The molecule has 1 aliphatic heterocycles. The van der Waals surface area contributed by atoms with Crippen molar-refractivity contribution >= 4 is 11.6 Å². The van der Waals surface area contributed by atoms with E-state index in [2.05, 4.69) is 27.1 Å². The summed E-state index contributed by atoms with van der Waals surface area (Å²) < 4.78 is 29.8. The van der Waals surface area contributed by atoms with Gasteiger partial charge < -0.3 is 15.1 Å². The van der Waals surface area contributed by atoms with Crippen LogP contribution in [0.4, 0.5) is 14.5 Å². The minimum absolute atomic E-state index is 0.278. The highest BCUT2D eigenvalue weighted by molar-refractivity contribution is 5.95. The largest absolute Gasteiger partial charge is 0.369 e. The number of para-hydroxylation sites is 1. The SMILES string of the molecule is CCN1CCN(c2ccc(F)cc2C(C)NC(=O)c2cnn(-c3ccccc3F)c2C)CC1. The number of anilines is 1. The maximum absolute atomic E-state index is 14.2. The van der Waals surface area contributed by atoms with E-state index in [0.29, 0.717) is 11.3 Å². The van der Waals surface area contributed by atoms with E-state index in [1.54, 1.807) is 31.2 Å². The van der Waals surface area contributed by atoms with Gasteiger partial charge in [0.25, 0.3) is 5.91 Å². The van der Waals surface area contributed by atoms with Crippen LogP contribution in [0.2, 0.25) is 0 Å². The monoisotopic (exact) mass is 453 g/mol. The Balaban J connectivity index is 1.55. The number of nitrogens with one attached hydrogen (secondary N) is 1. The van der Waals surface area contributed by atoms with Crippen LogP contribution in [-0.2, 0) is 0 Å². The normalized spacial score (nSPS) is 15.5. The van der Waals surface area contributed by atoms with E-state index < -0.39 is 11.9 Å². The third-order valence-corrected chi connectivity index (χ3v) is 6.30. The topological polar surface area (TPSA) is 53.4 Å². The van der Waals surface area contributed by atoms with E-state index in [0.717, 1.165) is 44.0 Å². The van der Waals surface area contributed by atoms with Gasteiger partial charge in [-0.3, -0.25) is 4.79 Å². The van der Waals surface area contributed by atoms with Crippen LogP contribution in [0, 0.1) is 18.6 Å². The predicted molar refractivity (Wildman–Crippen MR) is 125 cm³/mol. The second-order valence-corrected chi connectivity index (χ2v) is 8.33. The number of hydrogen-bond acceptors (Lipinski definition) is 4. The van der Waals surface area contributed by atoms with Crippen molar-refractivity contribution in [1.82, 2.24) is 20.0 Å². The minimum Gasteiger partial charge on any atom is -0.369 e. The summed E-state index contributed by atoms with van der Waals surface area (Å²) in [7, 11) is 0. The fourth-order valence-corrected chi connectivity index (χ4v) is 4.32. The first-order valence-corrected chi connectivity index (χ1v) is 11.3. The van der Waals surface area contributed by atoms with E-state index in [1.165, 1.54) is 29.1 Å². The molecule has 1 fully saturated rings. The maximum atomic E-state index is 14.2. The van der Waals surface area contributed by atoms with Crippen molar-refractivity contribution < 1.29 is 13.6 Å². The number of amides is 1. The number of likely N-dealkylation sites (N-methyl/N-ethyl adjacent to an activating group) is 1. The van der Waals surface area contributed by atoms with Crippen LogP contribution in [-0.4, -0.2) is 53.3 Å². The van der Waals surface area contributed by atoms with Crippen molar-refractivity contribution in [2.45, 2.75) is 26.8 Å². The van der Waals surface area contributed by atoms with Gasteiger partial charge in [-0.2, -0.15) is 5.10 Å². The second-order valence-electron chi connectivity index (χ2n) is 8.33. The van der Waals surface area contributed by atoms with Crippen LogP contribution in [0.1, 0.15) is 41.5 Å². The zero-order valence-corrected chi connectivity index (χ0v) is 19.2. The Morgan fingerprint density at radius 1 is 1.09 bits per heavy atom. The first kappa shape index (κ1) is 22.9. The molecule has 1 unspecified atom stereocenters. The van der Waals surface area contributed by atoms with E-state index >= 15 is 0 Å². The maximum Gasteiger partial charge on any atom is 0.255 e. The number of benzene rings is 2. The van der Waals surface area contributed by atoms with Crippen molar-refractivity contribution in [3.8, 4) is 5.69 Å². The lowest BCUT2D eigenvalue weighted by molar-refractivity contribution is 0.0939. The van der Waals surface area contributed by atoms with Gasteiger partial charge >= 0.3 is 0 Å². The molecule has 4 rings (SSSR count). The average Bonchev–Trinajstić information content (AvgIpc) is 3.20. The molecule has 1 aliphatic rings. The summed E-state index contributed by atoms with van der Waals surface area (Å²) in [4.78, 5) is 17.7. The lowest BCUT2D eigenvalue weighted by Crippen LogP contribution is -2.46. The van der Waals surface area contributed by atoms with Crippen molar-refractivity contribution in [1.29, 1.82) is 0 Å². The number of nitrogens with zero attached hydrogens (tertiary/aromatic N) is 4. The first-order valence-electron chi connectivity index (χ1n) is 11.3. The Kier molecular flexibility index (Phi) is 6.74. The Morgan fingerprint density at radius 3 is 2.52 bits per heavy atom. The van der Waals surface area contributed by atoms with Crippen molar-refractivity contribution in [2.24, 2.45) is 0 Å². The zero-order chi connectivity index (χ0) is 23.5. The van der Waals surface area contributed by atoms with Gasteiger partial charge in [0.15, 0.2) is 0 Å². The molecule has 1 atom stereocenters. The second kappa shape index (κ2) is 9.70. The Morgan fingerprint density at radius 2 is 1.82 bits per heavy atom. The molecule has 2 heterocycles. The number of piperazine rings is 1. The van der Waals surface area contributed by atoms with Crippen molar-refractivity contribution in [3.05, 3.63) is 77.1 Å². The van der Waals surface area contributed by atoms with Gasteiger partial charge in [-0.1, -0.05) is 19.1 Å². The number of carbonyl (C=O) groups is 1. The van der Waals surface area contributed by atoms with Gasteiger partial charge in [0.2, 0.25) is 0 Å². The van der Waals surface area contributed by atoms with Gasteiger partial charge in [0.05, 0.1) is 23.5 Å². The molecule has 3 aromatic rings. The van der Waals surface area contributed by atoms with E-state index in [4.69, 9.17) is 0 Å². The average molecular weight is 454 g/mol. The molecule has 0 spiro atoms. The summed E-state index contributed by atoms with van der Waals surface area (Å²) >= 11 is 0. The van der Waals surface area contributed by atoms with Gasteiger partial charge in [-0.15, -0.1) is 0 Å². The van der Waals surface area contributed by atoms with Gasteiger partial charge in [0.1, 0.15) is 17.3 Å². The molecular weight excluding hydrogens is 424 g/mol. The molecule has 6 nitrogen and oxygen atoms in total. The fourth-order valence-electron chi connectivity index (χ4n) is 4.32. The summed E-state index contributed by atoms with van der Waals surface area (Å²) in [6, 6.07) is 10.6. The summed E-state index contributed by atoms with van der Waals surface area (Å²) in [6.07, 6.45) is 1.43. The molecule has 1 aromatic heterocycles. The number of rotatable bonds is 6. The standard InChI is InChI=1S/C25H29F2N5O/c1-4-30-11-13-31(14-12-30)23-10-9-19(26)15-20(23)17(2)29-25(33)21-16-28-32(18(21)3)24-8-6-5-7-22(24)27/h5-10,15-17H,4,11-14H2,1-3H3,(H,29,33). The minimum atomic E-state index is -0.427. The molecule has 0 saturated carbocycles. The molecule has 1 amide bonds. The van der Waals surface area contributed by atoms with Crippen LogP contribution in [0.5, 0.6) is 0 Å². The third-order valence-electron chi connectivity index (χ3n) is 6.30. The number of halogens is 2. The molecular formula is C25H29F2N5O. The highest BCUT2D eigenvalue weighted by Gasteiger charge is 2.23. The Labute approximate surface area is 192 Å². The molecule has 8 heteroatoms.